The second kappa shape index (κ2) is 9.09. The highest BCUT2D eigenvalue weighted by atomic mass is 16.2. The first-order valence-electron chi connectivity index (χ1n) is 8.87. The molecule has 0 aliphatic rings. The zero-order valence-electron chi connectivity index (χ0n) is 16.1. The molecular weight excluding hydrogens is 342 g/mol. The van der Waals surface area contributed by atoms with Gasteiger partial charge in [0.25, 0.3) is 11.8 Å². The number of hydrogen-bond donors (Lipinski definition) is 3. The maximum atomic E-state index is 12.5. The molecule has 142 valence electrons. The highest BCUT2D eigenvalue weighted by molar-refractivity contribution is 5.96. The molecule has 0 saturated carbocycles. The molecule has 6 nitrogen and oxygen atoms in total. The van der Waals surface area contributed by atoms with Gasteiger partial charge in [0, 0.05) is 29.4 Å². The molecule has 0 aromatic heterocycles. The number of Topliss-reactive ketones (excluding diaryl/α,β-unsaturated/α-hetero) is 1. The van der Waals surface area contributed by atoms with E-state index in [1.165, 1.54) is 6.92 Å². The lowest BCUT2D eigenvalue weighted by Crippen LogP contribution is -3.12. The molecule has 0 radical (unpaired) electrons. The summed E-state index contributed by atoms with van der Waals surface area (Å²) in [6.45, 7) is 4.04. The number of quaternary nitrogens is 1. The van der Waals surface area contributed by atoms with E-state index in [2.05, 4.69) is 10.6 Å². The average molecular weight is 368 g/mol. The van der Waals surface area contributed by atoms with E-state index in [1.54, 1.807) is 43.4 Å². The van der Waals surface area contributed by atoms with E-state index >= 15 is 0 Å². The van der Waals surface area contributed by atoms with Gasteiger partial charge in [-0.2, -0.15) is 0 Å². The zero-order valence-corrected chi connectivity index (χ0v) is 16.1. The summed E-state index contributed by atoms with van der Waals surface area (Å²) >= 11 is 0. The van der Waals surface area contributed by atoms with Crippen molar-refractivity contribution in [2.45, 2.75) is 26.4 Å². The molecule has 2 atom stereocenters. The first kappa shape index (κ1) is 20.3. The number of ketones is 1. The summed E-state index contributed by atoms with van der Waals surface area (Å²) in [4.78, 5) is 36.4. The maximum Gasteiger partial charge on any atom is 0.282 e. The molecule has 0 aliphatic carbocycles. The molecule has 2 amide bonds. The Balaban J connectivity index is 1.95. The van der Waals surface area contributed by atoms with E-state index in [-0.39, 0.29) is 23.6 Å². The van der Waals surface area contributed by atoms with Crippen molar-refractivity contribution in [3.8, 4) is 0 Å². The Morgan fingerprint density at radius 2 is 1.52 bits per heavy atom. The van der Waals surface area contributed by atoms with Crippen molar-refractivity contribution < 1.29 is 19.3 Å². The SMILES string of the molecule is CNC(=O)c1ccc(C[NH+](C)[C@@H](C)C(=O)Nc2ccc(C(C)=O)cc2)cc1. The Kier molecular flexibility index (Phi) is 6.85. The van der Waals surface area contributed by atoms with Crippen molar-refractivity contribution in [3.05, 3.63) is 65.2 Å². The second-order valence-corrected chi connectivity index (χ2v) is 6.64. The Bertz CT molecular complexity index is 814. The predicted molar refractivity (Wildman–Crippen MR) is 105 cm³/mol. The monoisotopic (exact) mass is 368 g/mol. The van der Waals surface area contributed by atoms with Crippen LogP contribution in [0.5, 0.6) is 0 Å². The quantitative estimate of drug-likeness (QED) is 0.645. The second-order valence-electron chi connectivity index (χ2n) is 6.64. The summed E-state index contributed by atoms with van der Waals surface area (Å²) in [7, 11) is 3.55. The molecule has 1 unspecified atom stereocenters. The van der Waals surface area contributed by atoms with Gasteiger partial charge in [0.2, 0.25) is 0 Å². The van der Waals surface area contributed by atoms with Gasteiger partial charge in [-0.05, 0) is 50.2 Å². The molecule has 0 spiro atoms. The van der Waals surface area contributed by atoms with Gasteiger partial charge in [0.1, 0.15) is 6.54 Å². The van der Waals surface area contributed by atoms with Crippen LogP contribution in [0.2, 0.25) is 0 Å². The third-order valence-corrected chi connectivity index (χ3v) is 4.62. The third kappa shape index (κ3) is 5.49. The van der Waals surface area contributed by atoms with Crippen LogP contribution >= 0.6 is 0 Å². The molecule has 0 bridgehead atoms. The highest BCUT2D eigenvalue weighted by Crippen LogP contribution is 2.10. The minimum absolute atomic E-state index is 0.00661. The van der Waals surface area contributed by atoms with E-state index in [0.29, 0.717) is 23.4 Å². The number of carbonyl (C=O) groups is 3. The molecule has 2 rings (SSSR count). The van der Waals surface area contributed by atoms with Crippen LogP contribution in [0.1, 0.15) is 40.1 Å². The van der Waals surface area contributed by atoms with E-state index < -0.39 is 0 Å². The van der Waals surface area contributed by atoms with Gasteiger partial charge in [-0.1, -0.05) is 12.1 Å². The first-order chi connectivity index (χ1) is 12.8. The lowest BCUT2D eigenvalue weighted by atomic mass is 10.1. The van der Waals surface area contributed by atoms with Crippen LogP contribution in [0.25, 0.3) is 0 Å². The highest BCUT2D eigenvalue weighted by Gasteiger charge is 2.22. The molecule has 0 aliphatic heterocycles. The van der Waals surface area contributed by atoms with E-state index in [9.17, 15) is 14.4 Å². The van der Waals surface area contributed by atoms with Gasteiger partial charge in [0.05, 0.1) is 7.05 Å². The normalized spacial score (nSPS) is 12.7. The number of anilines is 1. The molecule has 2 aromatic carbocycles. The molecule has 0 heterocycles. The third-order valence-electron chi connectivity index (χ3n) is 4.62. The van der Waals surface area contributed by atoms with Crippen molar-refractivity contribution >= 4 is 23.3 Å². The van der Waals surface area contributed by atoms with Crippen LogP contribution in [0.15, 0.2) is 48.5 Å². The maximum absolute atomic E-state index is 12.5. The number of nitrogens with one attached hydrogen (secondary N) is 3. The molecule has 0 fully saturated rings. The van der Waals surface area contributed by atoms with E-state index in [0.717, 1.165) is 10.5 Å². The first-order valence-corrected chi connectivity index (χ1v) is 8.87. The smallest absolute Gasteiger partial charge is 0.282 e. The lowest BCUT2D eigenvalue weighted by molar-refractivity contribution is -0.907. The Morgan fingerprint density at radius 3 is 2.04 bits per heavy atom. The fourth-order valence-corrected chi connectivity index (χ4v) is 2.66. The number of likely N-dealkylation sites (N-methyl/N-ethyl adjacent to an activating group) is 1. The van der Waals surface area contributed by atoms with Crippen LogP contribution in [0.3, 0.4) is 0 Å². The Morgan fingerprint density at radius 1 is 0.963 bits per heavy atom. The molecule has 27 heavy (non-hydrogen) atoms. The van der Waals surface area contributed by atoms with Crippen LogP contribution < -0.4 is 15.5 Å². The summed E-state index contributed by atoms with van der Waals surface area (Å²) in [5.74, 6) is -0.219. The largest absolute Gasteiger partial charge is 0.355 e. The number of benzene rings is 2. The van der Waals surface area contributed by atoms with Gasteiger partial charge in [-0.3, -0.25) is 14.4 Å². The predicted octanol–water partition coefficient (Wildman–Crippen LogP) is 1.29. The van der Waals surface area contributed by atoms with E-state index in [4.69, 9.17) is 0 Å². The zero-order chi connectivity index (χ0) is 20.0. The molecule has 6 heteroatoms. The number of amides is 2. The topological polar surface area (TPSA) is 79.7 Å². The van der Waals surface area contributed by atoms with Crippen molar-refractivity contribution in [1.29, 1.82) is 0 Å². The number of hydrogen-bond acceptors (Lipinski definition) is 3. The number of carbonyl (C=O) groups excluding carboxylic acids is 3. The Labute approximate surface area is 159 Å². The summed E-state index contributed by atoms with van der Waals surface area (Å²) < 4.78 is 0. The minimum atomic E-state index is -0.267. The van der Waals surface area contributed by atoms with Gasteiger partial charge >= 0.3 is 0 Å². The molecular formula is C21H26N3O3+. The molecule has 3 N–H and O–H groups in total. The van der Waals surface area contributed by atoms with Gasteiger partial charge in [-0.25, -0.2) is 0 Å². The van der Waals surface area contributed by atoms with Crippen molar-refractivity contribution in [2.75, 3.05) is 19.4 Å². The van der Waals surface area contributed by atoms with Crippen molar-refractivity contribution in [1.82, 2.24) is 5.32 Å². The van der Waals surface area contributed by atoms with Crippen LogP contribution in [0, 0.1) is 0 Å². The van der Waals surface area contributed by atoms with E-state index in [1.807, 2.05) is 26.1 Å². The standard InChI is InChI=1S/C21H25N3O3/c1-14(20(26)23-19-11-9-17(10-12-19)15(2)25)24(4)13-16-5-7-18(8-6-16)21(27)22-3/h5-12,14H,13H2,1-4H3,(H,22,27)(H,23,26)/p+1/t14-/m0/s1. The van der Waals surface area contributed by atoms with Crippen molar-refractivity contribution in [2.24, 2.45) is 0 Å². The van der Waals surface area contributed by atoms with Crippen molar-refractivity contribution in [3.63, 3.8) is 0 Å². The molecule has 0 saturated heterocycles. The fraction of sp³-hybridized carbons (Fsp3) is 0.286. The summed E-state index contributed by atoms with van der Waals surface area (Å²) in [5, 5.41) is 5.47. The average Bonchev–Trinajstić information content (AvgIpc) is 2.67. The number of rotatable bonds is 7. The van der Waals surface area contributed by atoms with Crippen LogP contribution in [-0.2, 0) is 11.3 Å². The Hall–Kier alpha value is -2.99. The van der Waals surface area contributed by atoms with Gasteiger partial charge in [0.15, 0.2) is 11.8 Å². The summed E-state index contributed by atoms with van der Waals surface area (Å²) in [5.41, 5.74) is 2.94. The van der Waals surface area contributed by atoms with Gasteiger partial charge in [-0.15, -0.1) is 0 Å². The summed E-state index contributed by atoms with van der Waals surface area (Å²) in [6.07, 6.45) is 0. The minimum Gasteiger partial charge on any atom is -0.355 e. The van der Waals surface area contributed by atoms with Crippen LogP contribution in [-0.4, -0.2) is 37.7 Å². The summed E-state index contributed by atoms with van der Waals surface area (Å²) in [6, 6.07) is 14.0. The molecule has 2 aromatic rings. The van der Waals surface area contributed by atoms with Crippen LogP contribution in [0.4, 0.5) is 5.69 Å². The lowest BCUT2D eigenvalue weighted by Gasteiger charge is -2.21. The fourth-order valence-electron chi connectivity index (χ4n) is 2.66. The van der Waals surface area contributed by atoms with Gasteiger partial charge < -0.3 is 15.5 Å².